The number of benzene rings is 1. The second-order valence-corrected chi connectivity index (χ2v) is 6.40. The van der Waals surface area contributed by atoms with E-state index < -0.39 is 5.97 Å². The van der Waals surface area contributed by atoms with Crippen LogP contribution in [0.15, 0.2) is 18.2 Å². The molecule has 0 aliphatic carbocycles. The number of piperidine rings is 1. The van der Waals surface area contributed by atoms with Gasteiger partial charge in [0.05, 0.1) is 12.0 Å². The Morgan fingerprint density at radius 2 is 2.09 bits per heavy atom. The fraction of sp³-hybridized carbons (Fsp3) is 0.529. The number of aryl methyl sites for hydroxylation is 1. The monoisotopic (exact) mass is 320 g/mol. The molecule has 0 radical (unpaired) electrons. The molecule has 2 unspecified atom stereocenters. The van der Waals surface area contributed by atoms with E-state index >= 15 is 0 Å². The van der Waals surface area contributed by atoms with Gasteiger partial charge in [0.2, 0.25) is 5.91 Å². The first kappa shape index (κ1) is 15.9. The predicted molar refractivity (Wildman–Crippen MR) is 83.8 cm³/mol. The molecule has 6 heteroatoms. The van der Waals surface area contributed by atoms with Gasteiger partial charge in [-0.25, -0.2) is 4.39 Å². The van der Waals surface area contributed by atoms with Gasteiger partial charge >= 0.3 is 5.97 Å². The molecule has 5 nitrogen and oxygen atoms in total. The molecule has 1 aromatic carbocycles. The lowest BCUT2D eigenvalue weighted by molar-refractivity contribution is -0.141. The molecule has 1 N–H and O–H groups in total. The Labute approximate surface area is 134 Å². The van der Waals surface area contributed by atoms with Crippen molar-refractivity contribution >= 4 is 17.6 Å². The molecule has 0 bridgehead atoms. The van der Waals surface area contributed by atoms with Gasteiger partial charge in [-0.15, -0.1) is 0 Å². The normalized spacial score (nSPS) is 25.8. The number of rotatable bonds is 3. The lowest BCUT2D eigenvalue weighted by Gasteiger charge is -2.37. The van der Waals surface area contributed by atoms with Crippen LogP contribution in [0.4, 0.5) is 10.1 Å². The van der Waals surface area contributed by atoms with Gasteiger partial charge in [0.15, 0.2) is 0 Å². The van der Waals surface area contributed by atoms with Gasteiger partial charge in [0.25, 0.3) is 0 Å². The van der Waals surface area contributed by atoms with Crippen molar-refractivity contribution in [1.29, 1.82) is 0 Å². The molecule has 23 heavy (non-hydrogen) atoms. The standard InChI is InChI=1S/C17H21FN2O3/c1-11-9-13(18)4-5-14(11)20-7-2-3-15(16(20)21)19-8-6-12(10-19)17(22)23/h4-5,9,12,15H,2-3,6-8,10H2,1H3,(H,22,23). The molecule has 1 aromatic rings. The molecule has 0 spiro atoms. The van der Waals surface area contributed by atoms with Crippen molar-refractivity contribution in [3.05, 3.63) is 29.6 Å². The Morgan fingerprint density at radius 3 is 2.74 bits per heavy atom. The summed E-state index contributed by atoms with van der Waals surface area (Å²) >= 11 is 0. The van der Waals surface area contributed by atoms with Crippen molar-refractivity contribution in [2.75, 3.05) is 24.5 Å². The lowest BCUT2D eigenvalue weighted by Crippen LogP contribution is -2.52. The van der Waals surface area contributed by atoms with Gasteiger partial charge < -0.3 is 10.0 Å². The van der Waals surface area contributed by atoms with Crippen LogP contribution >= 0.6 is 0 Å². The highest BCUT2D eigenvalue weighted by molar-refractivity contribution is 5.98. The van der Waals surface area contributed by atoms with Crippen molar-refractivity contribution < 1.29 is 19.1 Å². The highest BCUT2D eigenvalue weighted by Crippen LogP contribution is 2.29. The van der Waals surface area contributed by atoms with Gasteiger partial charge in [0.1, 0.15) is 5.82 Å². The molecule has 2 aliphatic rings. The molecule has 3 rings (SSSR count). The van der Waals surface area contributed by atoms with E-state index in [0.717, 1.165) is 24.1 Å². The molecule has 0 saturated carbocycles. The van der Waals surface area contributed by atoms with E-state index in [1.54, 1.807) is 17.9 Å². The second-order valence-electron chi connectivity index (χ2n) is 6.40. The number of aliphatic carboxylic acids is 1. The van der Waals surface area contributed by atoms with Crippen LogP contribution in [0.3, 0.4) is 0 Å². The first-order valence-corrected chi connectivity index (χ1v) is 8.02. The van der Waals surface area contributed by atoms with Gasteiger partial charge in [-0.3, -0.25) is 14.5 Å². The number of carbonyl (C=O) groups excluding carboxylic acids is 1. The summed E-state index contributed by atoms with van der Waals surface area (Å²) in [6.07, 6.45) is 2.21. The summed E-state index contributed by atoms with van der Waals surface area (Å²) in [6.45, 7) is 3.50. The maximum absolute atomic E-state index is 13.3. The largest absolute Gasteiger partial charge is 0.481 e. The summed E-state index contributed by atoms with van der Waals surface area (Å²) in [5.41, 5.74) is 1.49. The first-order valence-electron chi connectivity index (χ1n) is 8.02. The van der Waals surface area contributed by atoms with Crippen LogP contribution in [0.1, 0.15) is 24.8 Å². The number of amides is 1. The van der Waals surface area contributed by atoms with E-state index in [1.165, 1.54) is 12.1 Å². The third-order valence-electron chi connectivity index (χ3n) is 4.87. The Bertz CT molecular complexity index is 634. The van der Waals surface area contributed by atoms with Crippen LogP contribution in [-0.2, 0) is 9.59 Å². The van der Waals surface area contributed by atoms with Gasteiger partial charge in [-0.05, 0) is 56.5 Å². The number of carboxylic acid groups (broad SMARTS) is 1. The quantitative estimate of drug-likeness (QED) is 0.926. The fourth-order valence-electron chi connectivity index (χ4n) is 3.63. The average Bonchev–Trinajstić information content (AvgIpc) is 2.98. The van der Waals surface area contributed by atoms with Crippen molar-refractivity contribution in [2.45, 2.75) is 32.2 Å². The highest BCUT2D eigenvalue weighted by atomic mass is 19.1. The van der Waals surface area contributed by atoms with E-state index in [2.05, 4.69) is 0 Å². The van der Waals surface area contributed by atoms with E-state index in [4.69, 9.17) is 5.11 Å². The Balaban J connectivity index is 1.78. The topological polar surface area (TPSA) is 60.9 Å². The Hall–Kier alpha value is -1.95. The summed E-state index contributed by atoms with van der Waals surface area (Å²) in [7, 11) is 0. The van der Waals surface area contributed by atoms with Crippen LogP contribution in [-0.4, -0.2) is 47.6 Å². The fourth-order valence-corrected chi connectivity index (χ4v) is 3.63. The van der Waals surface area contributed by atoms with E-state index in [1.807, 2.05) is 4.90 Å². The van der Waals surface area contributed by atoms with Crippen molar-refractivity contribution in [2.24, 2.45) is 5.92 Å². The van der Waals surface area contributed by atoms with Crippen molar-refractivity contribution in [3.63, 3.8) is 0 Å². The molecule has 2 atom stereocenters. The molecule has 124 valence electrons. The maximum atomic E-state index is 13.3. The zero-order chi connectivity index (χ0) is 16.6. The number of likely N-dealkylation sites (tertiary alicyclic amines) is 1. The minimum absolute atomic E-state index is 0.00278. The average molecular weight is 320 g/mol. The van der Waals surface area contributed by atoms with E-state index in [9.17, 15) is 14.0 Å². The minimum Gasteiger partial charge on any atom is -0.481 e. The van der Waals surface area contributed by atoms with Gasteiger partial charge in [-0.1, -0.05) is 0 Å². The van der Waals surface area contributed by atoms with Crippen molar-refractivity contribution in [3.8, 4) is 0 Å². The second kappa shape index (κ2) is 6.28. The molecular formula is C17H21FN2O3. The number of hydrogen-bond donors (Lipinski definition) is 1. The first-order chi connectivity index (χ1) is 11.0. The van der Waals surface area contributed by atoms with Crippen LogP contribution in [0.2, 0.25) is 0 Å². The summed E-state index contributed by atoms with van der Waals surface area (Å²) in [6, 6.07) is 4.19. The SMILES string of the molecule is Cc1cc(F)ccc1N1CCCC(N2CCC(C(=O)O)C2)C1=O. The van der Waals surface area contributed by atoms with Crippen LogP contribution in [0.25, 0.3) is 0 Å². The summed E-state index contributed by atoms with van der Waals surface area (Å²) in [5, 5.41) is 9.13. The van der Waals surface area contributed by atoms with Crippen molar-refractivity contribution in [1.82, 2.24) is 4.90 Å². The number of halogens is 1. The number of nitrogens with zero attached hydrogens (tertiary/aromatic N) is 2. The zero-order valence-corrected chi connectivity index (χ0v) is 13.2. The lowest BCUT2D eigenvalue weighted by atomic mass is 10.0. The van der Waals surface area contributed by atoms with E-state index in [0.29, 0.717) is 26.1 Å². The third-order valence-corrected chi connectivity index (χ3v) is 4.87. The number of anilines is 1. The zero-order valence-electron chi connectivity index (χ0n) is 13.2. The highest BCUT2D eigenvalue weighted by Gasteiger charge is 2.39. The van der Waals surface area contributed by atoms with Crippen LogP contribution < -0.4 is 4.90 Å². The molecule has 1 amide bonds. The molecular weight excluding hydrogens is 299 g/mol. The van der Waals surface area contributed by atoms with E-state index in [-0.39, 0.29) is 23.7 Å². The summed E-state index contributed by atoms with van der Waals surface area (Å²) < 4.78 is 13.3. The maximum Gasteiger partial charge on any atom is 0.307 e. The number of carbonyl (C=O) groups is 2. The Kier molecular flexibility index (Phi) is 4.35. The molecule has 2 aliphatic heterocycles. The summed E-state index contributed by atoms with van der Waals surface area (Å²) in [5.74, 6) is -1.49. The van der Waals surface area contributed by atoms with Gasteiger partial charge in [-0.2, -0.15) is 0 Å². The summed E-state index contributed by atoms with van der Waals surface area (Å²) in [4.78, 5) is 27.7. The van der Waals surface area contributed by atoms with Gasteiger partial charge in [0, 0.05) is 18.8 Å². The third kappa shape index (κ3) is 3.08. The molecule has 0 aromatic heterocycles. The Morgan fingerprint density at radius 1 is 1.30 bits per heavy atom. The smallest absolute Gasteiger partial charge is 0.307 e. The number of hydrogen-bond acceptors (Lipinski definition) is 3. The minimum atomic E-state index is -0.790. The van der Waals surface area contributed by atoms with Crippen LogP contribution in [0.5, 0.6) is 0 Å². The predicted octanol–water partition coefficient (Wildman–Crippen LogP) is 2.04. The van der Waals surface area contributed by atoms with Crippen LogP contribution in [0, 0.1) is 18.7 Å². The number of carboxylic acids is 1. The molecule has 2 fully saturated rings. The molecule has 2 heterocycles. The molecule has 2 saturated heterocycles.